The van der Waals surface area contributed by atoms with Crippen LogP contribution in [0.4, 0.5) is 5.95 Å². The summed E-state index contributed by atoms with van der Waals surface area (Å²) in [5, 5.41) is 3.14. The average molecular weight is 418 g/mol. The summed E-state index contributed by atoms with van der Waals surface area (Å²) in [5.74, 6) is 1.90. The molecule has 4 rings (SSSR count). The van der Waals surface area contributed by atoms with Crippen LogP contribution in [0, 0.1) is 0 Å². The SMILES string of the molecule is O=C(NC1CCCN(c2ncccn2)C1)c1ccccc1OCCOc1ccccc1. The summed E-state index contributed by atoms with van der Waals surface area (Å²) in [7, 11) is 0. The summed E-state index contributed by atoms with van der Waals surface area (Å²) >= 11 is 0. The van der Waals surface area contributed by atoms with Crippen molar-refractivity contribution >= 4 is 11.9 Å². The zero-order chi connectivity index (χ0) is 21.3. The number of benzene rings is 2. The molecule has 1 aliphatic rings. The lowest BCUT2D eigenvalue weighted by molar-refractivity contribution is 0.0927. The maximum atomic E-state index is 13.0. The van der Waals surface area contributed by atoms with E-state index in [1.807, 2.05) is 48.5 Å². The summed E-state index contributed by atoms with van der Waals surface area (Å²) in [4.78, 5) is 23.7. The van der Waals surface area contributed by atoms with Crippen molar-refractivity contribution in [2.75, 3.05) is 31.2 Å². The fourth-order valence-corrected chi connectivity index (χ4v) is 3.60. The Hall–Kier alpha value is -3.61. The molecule has 31 heavy (non-hydrogen) atoms. The van der Waals surface area contributed by atoms with E-state index in [9.17, 15) is 4.79 Å². The number of carbonyl (C=O) groups excluding carboxylic acids is 1. The van der Waals surface area contributed by atoms with Crippen molar-refractivity contribution in [3.05, 3.63) is 78.6 Å². The van der Waals surface area contributed by atoms with Crippen molar-refractivity contribution in [3.8, 4) is 11.5 Å². The molecule has 1 atom stereocenters. The monoisotopic (exact) mass is 418 g/mol. The van der Waals surface area contributed by atoms with Gasteiger partial charge in [0.05, 0.1) is 5.56 Å². The summed E-state index contributed by atoms with van der Waals surface area (Å²) in [5.41, 5.74) is 0.523. The van der Waals surface area contributed by atoms with Crippen LogP contribution in [0.5, 0.6) is 11.5 Å². The van der Waals surface area contributed by atoms with Gasteiger partial charge in [0.2, 0.25) is 5.95 Å². The van der Waals surface area contributed by atoms with Gasteiger partial charge in [0.25, 0.3) is 5.91 Å². The molecule has 0 aliphatic carbocycles. The van der Waals surface area contributed by atoms with Crippen LogP contribution in [0.3, 0.4) is 0 Å². The van der Waals surface area contributed by atoms with Crippen LogP contribution < -0.4 is 19.7 Å². The Kier molecular flexibility index (Phi) is 6.95. The third kappa shape index (κ3) is 5.72. The molecule has 0 radical (unpaired) electrons. The molecule has 1 aromatic heterocycles. The maximum Gasteiger partial charge on any atom is 0.255 e. The van der Waals surface area contributed by atoms with Gasteiger partial charge >= 0.3 is 0 Å². The molecular weight excluding hydrogens is 392 g/mol. The van der Waals surface area contributed by atoms with Gasteiger partial charge in [0, 0.05) is 31.5 Å². The average Bonchev–Trinajstić information content (AvgIpc) is 2.83. The van der Waals surface area contributed by atoms with Crippen molar-refractivity contribution < 1.29 is 14.3 Å². The summed E-state index contributed by atoms with van der Waals surface area (Å²) in [6.07, 6.45) is 5.36. The Morgan fingerprint density at radius 2 is 1.71 bits per heavy atom. The molecule has 2 aromatic carbocycles. The number of piperidine rings is 1. The number of aromatic nitrogens is 2. The number of nitrogens with one attached hydrogen (secondary N) is 1. The number of anilines is 1. The van der Waals surface area contributed by atoms with Gasteiger partial charge in [-0.25, -0.2) is 9.97 Å². The van der Waals surface area contributed by atoms with Crippen LogP contribution in [0.2, 0.25) is 0 Å². The number of hydrogen-bond acceptors (Lipinski definition) is 6. The van der Waals surface area contributed by atoms with Crippen LogP contribution in [-0.4, -0.2) is 48.2 Å². The predicted molar refractivity (Wildman–Crippen MR) is 119 cm³/mol. The van der Waals surface area contributed by atoms with E-state index in [2.05, 4.69) is 20.2 Å². The predicted octanol–water partition coefficient (Wildman–Crippen LogP) is 3.33. The number of ether oxygens (including phenoxy) is 2. The van der Waals surface area contributed by atoms with Gasteiger partial charge in [-0.2, -0.15) is 0 Å². The molecule has 7 heteroatoms. The molecule has 1 fully saturated rings. The Labute approximate surface area is 182 Å². The largest absolute Gasteiger partial charge is 0.490 e. The molecule has 1 saturated heterocycles. The fourth-order valence-electron chi connectivity index (χ4n) is 3.60. The Morgan fingerprint density at radius 3 is 2.55 bits per heavy atom. The quantitative estimate of drug-likeness (QED) is 0.566. The van der Waals surface area contributed by atoms with Crippen LogP contribution in [0.1, 0.15) is 23.2 Å². The minimum atomic E-state index is -0.139. The first kappa shape index (κ1) is 20.7. The molecular formula is C24H26N4O3. The van der Waals surface area contributed by atoms with Crippen molar-refractivity contribution in [3.63, 3.8) is 0 Å². The van der Waals surface area contributed by atoms with Crippen molar-refractivity contribution in [1.82, 2.24) is 15.3 Å². The Morgan fingerprint density at radius 1 is 0.968 bits per heavy atom. The highest BCUT2D eigenvalue weighted by Gasteiger charge is 2.24. The van der Waals surface area contributed by atoms with Crippen molar-refractivity contribution in [2.45, 2.75) is 18.9 Å². The lowest BCUT2D eigenvalue weighted by Gasteiger charge is -2.33. The zero-order valence-corrected chi connectivity index (χ0v) is 17.3. The van der Waals surface area contributed by atoms with E-state index in [-0.39, 0.29) is 11.9 Å². The highest BCUT2D eigenvalue weighted by atomic mass is 16.5. The van der Waals surface area contributed by atoms with Crippen molar-refractivity contribution in [2.24, 2.45) is 0 Å². The van der Waals surface area contributed by atoms with Gasteiger partial charge in [0.15, 0.2) is 0 Å². The topological polar surface area (TPSA) is 76.6 Å². The molecule has 1 N–H and O–H groups in total. The first-order valence-corrected chi connectivity index (χ1v) is 10.5. The van der Waals surface area contributed by atoms with Crippen LogP contribution >= 0.6 is 0 Å². The van der Waals surface area contributed by atoms with E-state index in [0.717, 1.165) is 25.1 Å². The molecule has 160 valence electrons. The van der Waals surface area contributed by atoms with Crippen molar-refractivity contribution in [1.29, 1.82) is 0 Å². The number of nitrogens with zero attached hydrogens (tertiary/aromatic N) is 3. The van der Waals surface area contributed by atoms with E-state index < -0.39 is 0 Å². The fraction of sp³-hybridized carbons (Fsp3) is 0.292. The lowest BCUT2D eigenvalue weighted by Crippen LogP contribution is -2.48. The van der Waals surface area contributed by atoms with E-state index >= 15 is 0 Å². The van der Waals surface area contributed by atoms with Crippen LogP contribution in [0.25, 0.3) is 0 Å². The second-order valence-corrected chi connectivity index (χ2v) is 7.31. The molecule has 1 unspecified atom stereocenters. The first-order chi connectivity index (χ1) is 15.3. The van der Waals surface area contributed by atoms with Gasteiger partial charge in [-0.15, -0.1) is 0 Å². The number of carbonyl (C=O) groups is 1. The Bertz CT molecular complexity index is 969. The molecule has 0 spiro atoms. The smallest absolute Gasteiger partial charge is 0.255 e. The molecule has 2 heterocycles. The second-order valence-electron chi connectivity index (χ2n) is 7.31. The standard InChI is InChI=1S/C24H26N4O3/c29-23(27-19-8-6-15-28(18-19)24-25-13-7-14-26-24)21-11-4-5-12-22(21)31-17-16-30-20-9-2-1-3-10-20/h1-5,7,9-14,19H,6,8,15-18H2,(H,27,29). The van der Waals surface area contributed by atoms with Crippen LogP contribution in [-0.2, 0) is 0 Å². The third-order valence-corrected chi connectivity index (χ3v) is 5.08. The summed E-state index contributed by atoms with van der Waals surface area (Å²) in [6, 6.07) is 18.7. The minimum Gasteiger partial charge on any atom is -0.490 e. The second kappa shape index (κ2) is 10.4. The normalized spacial score (nSPS) is 15.9. The van der Waals surface area contributed by atoms with E-state index in [0.29, 0.717) is 37.0 Å². The van der Waals surface area contributed by atoms with Gasteiger partial charge in [-0.3, -0.25) is 4.79 Å². The molecule has 0 bridgehead atoms. The highest BCUT2D eigenvalue weighted by Crippen LogP contribution is 2.20. The highest BCUT2D eigenvalue weighted by molar-refractivity contribution is 5.97. The number of hydrogen-bond donors (Lipinski definition) is 1. The van der Waals surface area contributed by atoms with Gasteiger partial charge in [-0.05, 0) is 43.2 Å². The maximum absolute atomic E-state index is 13.0. The van der Waals surface area contributed by atoms with E-state index in [4.69, 9.17) is 9.47 Å². The zero-order valence-electron chi connectivity index (χ0n) is 17.3. The number of para-hydroxylation sites is 2. The van der Waals surface area contributed by atoms with E-state index in [1.54, 1.807) is 24.5 Å². The van der Waals surface area contributed by atoms with Gasteiger partial charge in [0.1, 0.15) is 24.7 Å². The molecule has 1 aliphatic heterocycles. The van der Waals surface area contributed by atoms with Gasteiger partial charge in [-0.1, -0.05) is 30.3 Å². The molecule has 3 aromatic rings. The number of rotatable bonds is 8. The summed E-state index contributed by atoms with van der Waals surface area (Å²) < 4.78 is 11.5. The summed E-state index contributed by atoms with van der Waals surface area (Å²) in [6.45, 7) is 2.32. The third-order valence-electron chi connectivity index (χ3n) is 5.08. The molecule has 7 nitrogen and oxygen atoms in total. The number of amides is 1. The van der Waals surface area contributed by atoms with E-state index in [1.165, 1.54) is 0 Å². The first-order valence-electron chi connectivity index (χ1n) is 10.5. The van der Waals surface area contributed by atoms with Crippen LogP contribution in [0.15, 0.2) is 73.1 Å². The lowest BCUT2D eigenvalue weighted by atomic mass is 10.1. The Balaban J connectivity index is 1.32. The molecule has 1 amide bonds. The van der Waals surface area contributed by atoms with Gasteiger partial charge < -0.3 is 19.7 Å². The minimum absolute atomic E-state index is 0.0273. The molecule has 0 saturated carbocycles.